The third-order valence-electron chi connectivity index (χ3n) is 5.95. The standard InChI is InChI=1S/C25H21N5O/c1-15-5-8-17(9-6-15)24-21-22(19-12-16(2)7-10-20(19)31-24)29-25-27-14-28-30(25)23(21)18-4-3-11-26-13-18/h3-14,23-24H,1-2H3,(H,27,28,29)/t23-,24+/m0/s1. The van der Waals surface area contributed by atoms with Gasteiger partial charge in [0.25, 0.3) is 0 Å². The zero-order valence-corrected chi connectivity index (χ0v) is 17.3. The predicted octanol–water partition coefficient (Wildman–Crippen LogP) is 4.85. The normalized spacial score (nSPS) is 19.0. The van der Waals surface area contributed by atoms with Gasteiger partial charge in [0.1, 0.15) is 24.2 Å². The van der Waals surface area contributed by atoms with Gasteiger partial charge >= 0.3 is 0 Å². The zero-order chi connectivity index (χ0) is 20.9. The smallest absolute Gasteiger partial charge is 0.226 e. The lowest BCUT2D eigenvalue weighted by atomic mass is 9.84. The van der Waals surface area contributed by atoms with E-state index in [-0.39, 0.29) is 12.1 Å². The molecular formula is C25H21N5O. The highest BCUT2D eigenvalue weighted by Crippen LogP contribution is 2.50. The second-order valence-electron chi connectivity index (χ2n) is 8.08. The van der Waals surface area contributed by atoms with Crippen molar-refractivity contribution in [3.63, 3.8) is 0 Å². The molecule has 2 atom stereocenters. The van der Waals surface area contributed by atoms with Crippen LogP contribution in [0.2, 0.25) is 0 Å². The Morgan fingerprint density at radius 1 is 0.968 bits per heavy atom. The summed E-state index contributed by atoms with van der Waals surface area (Å²) in [6.07, 6.45) is 5.00. The van der Waals surface area contributed by atoms with E-state index in [1.54, 1.807) is 12.5 Å². The van der Waals surface area contributed by atoms with Gasteiger partial charge in [-0.15, -0.1) is 0 Å². The van der Waals surface area contributed by atoms with Gasteiger partial charge in [-0.1, -0.05) is 47.5 Å². The lowest BCUT2D eigenvalue weighted by molar-refractivity contribution is 0.223. The van der Waals surface area contributed by atoms with E-state index in [1.165, 1.54) is 11.1 Å². The Balaban J connectivity index is 1.64. The molecule has 0 saturated carbocycles. The van der Waals surface area contributed by atoms with Gasteiger partial charge in [0, 0.05) is 23.5 Å². The van der Waals surface area contributed by atoms with Gasteiger partial charge < -0.3 is 10.1 Å². The number of nitrogens with zero attached hydrogens (tertiary/aromatic N) is 4. The largest absolute Gasteiger partial charge is 0.480 e. The molecule has 2 aromatic carbocycles. The number of rotatable bonds is 2. The number of nitrogens with one attached hydrogen (secondary N) is 1. The van der Waals surface area contributed by atoms with Gasteiger partial charge in [0.05, 0.1) is 5.70 Å². The molecule has 2 aliphatic rings. The first-order valence-electron chi connectivity index (χ1n) is 10.3. The molecule has 6 nitrogen and oxygen atoms in total. The van der Waals surface area contributed by atoms with Crippen LogP contribution in [0.25, 0.3) is 5.70 Å². The third-order valence-corrected chi connectivity index (χ3v) is 5.95. The number of pyridine rings is 1. The maximum Gasteiger partial charge on any atom is 0.226 e. The molecule has 0 spiro atoms. The Morgan fingerprint density at radius 2 is 1.81 bits per heavy atom. The molecule has 0 bridgehead atoms. The minimum absolute atomic E-state index is 0.178. The summed E-state index contributed by atoms with van der Waals surface area (Å²) >= 11 is 0. The maximum atomic E-state index is 6.65. The van der Waals surface area contributed by atoms with E-state index in [0.717, 1.165) is 33.7 Å². The van der Waals surface area contributed by atoms with E-state index in [4.69, 9.17) is 4.74 Å². The van der Waals surface area contributed by atoms with Gasteiger partial charge in [0.15, 0.2) is 0 Å². The van der Waals surface area contributed by atoms with E-state index in [0.29, 0.717) is 5.95 Å². The van der Waals surface area contributed by atoms with Crippen molar-refractivity contribution in [3.8, 4) is 5.75 Å². The molecule has 4 heterocycles. The SMILES string of the molecule is Cc1ccc([C@H]2Oc3ccc(C)cc3C3=C2[C@H](c2cccnc2)n2ncnc2N3)cc1. The Morgan fingerprint density at radius 3 is 2.61 bits per heavy atom. The van der Waals surface area contributed by atoms with Crippen LogP contribution >= 0.6 is 0 Å². The minimum Gasteiger partial charge on any atom is -0.480 e. The second kappa shape index (κ2) is 6.80. The number of aryl methyl sites for hydroxylation is 2. The number of aromatic nitrogens is 4. The molecule has 0 unspecified atom stereocenters. The van der Waals surface area contributed by atoms with E-state index >= 15 is 0 Å². The average molecular weight is 407 g/mol. The number of hydrogen-bond donors (Lipinski definition) is 1. The van der Waals surface area contributed by atoms with Crippen LogP contribution in [-0.4, -0.2) is 19.7 Å². The van der Waals surface area contributed by atoms with E-state index < -0.39 is 0 Å². The second-order valence-corrected chi connectivity index (χ2v) is 8.08. The van der Waals surface area contributed by atoms with Crippen molar-refractivity contribution < 1.29 is 4.74 Å². The maximum absolute atomic E-state index is 6.65. The summed E-state index contributed by atoms with van der Waals surface area (Å²) in [5.74, 6) is 1.57. The zero-order valence-electron chi connectivity index (χ0n) is 17.3. The number of benzene rings is 2. The summed E-state index contributed by atoms with van der Waals surface area (Å²) in [7, 11) is 0. The van der Waals surface area contributed by atoms with E-state index in [1.807, 2.05) is 16.9 Å². The molecule has 6 heteroatoms. The van der Waals surface area contributed by atoms with Crippen molar-refractivity contribution >= 4 is 11.6 Å². The van der Waals surface area contributed by atoms with Gasteiger partial charge in [-0.05, 0) is 43.2 Å². The van der Waals surface area contributed by atoms with Crippen LogP contribution in [0.1, 0.15) is 40.0 Å². The first-order chi connectivity index (χ1) is 15.2. The van der Waals surface area contributed by atoms with Crippen molar-refractivity contribution in [2.75, 3.05) is 5.32 Å². The van der Waals surface area contributed by atoms with Gasteiger partial charge in [-0.2, -0.15) is 10.1 Å². The summed E-state index contributed by atoms with van der Waals surface area (Å²) in [4.78, 5) is 8.85. The van der Waals surface area contributed by atoms with E-state index in [9.17, 15) is 0 Å². The first-order valence-corrected chi connectivity index (χ1v) is 10.3. The average Bonchev–Trinajstić information content (AvgIpc) is 3.27. The summed E-state index contributed by atoms with van der Waals surface area (Å²) in [5, 5.41) is 8.09. The van der Waals surface area contributed by atoms with Crippen LogP contribution in [-0.2, 0) is 0 Å². The van der Waals surface area contributed by atoms with Gasteiger partial charge in [-0.3, -0.25) is 4.98 Å². The molecular weight excluding hydrogens is 386 g/mol. The van der Waals surface area contributed by atoms with Crippen LogP contribution in [0.4, 0.5) is 5.95 Å². The van der Waals surface area contributed by atoms with Gasteiger partial charge in [-0.25, -0.2) is 4.68 Å². The lowest BCUT2D eigenvalue weighted by Gasteiger charge is -2.39. The Kier molecular flexibility index (Phi) is 3.93. The highest BCUT2D eigenvalue weighted by atomic mass is 16.5. The Bertz CT molecular complexity index is 1310. The quantitative estimate of drug-likeness (QED) is 0.515. The summed E-state index contributed by atoms with van der Waals surface area (Å²) in [5.41, 5.74) is 7.71. The van der Waals surface area contributed by atoms with Crippen molar-refractivity contribution in [1.29, 1.82) is 0 Å². The molecule has 31 heavy (non-hydrogen) atoms. The van der Waals surface area contributed by atoms with Crippen molar-refractivity contribution in [2.45, 2.75) is 26.0 Å². The monoisotopic (exact) mass is 407 g/mol. The predicted molar refractivity (Wildman–Crippen MR) is 119 cm³/mol. The summed E-state index contributed by atoms with van der Waals surface area (Å²) in [6.45, 7) is 4.19. The van der Waals surface area contributed by atoms with E-state index in [2.05, 4.69) is 82.8 Å². The molecule has 2 aromatic heterocycles. The van der Waals surface area contributed by atoms with Crippen molar-refractivity contribution in [2.24, 2.45) is 0 Å². The molecule has 0 radical (unpaired) electrons. The fraction of sp³-hybridized carbons (Fsp3) is 0.160. The van der Waals surface area contributed by atoms with Crippen LogP contribution in [0.15, 0.2) is 78.9 Å². The molecule has 4 aromatic rings. The highest BCUT2D eigenvalue weighted by Gasteiger charge is 2.41. The summed E-state index contributed by atoms with van der Waals surface area (Å²) in [6, 6.07) is 18.7. The molecule has 1 N–H and O–H groups in total. The van der Waals surface area contributed by atoms with Crippen molar-refractivity contribution in [3.05, 3.63) is 107 Å². The highest BCUT2D eigenvalue weighted by molar-refractivity contribution is 5.85. The fourth-order valence-corrected chi connectivity index (χ4v) is 4.46. The van der Waals surface area contributed by atoms with Crippen LogP contribution in [0.3, 0.4) is 0 Å². The number of ether oxygens (including phenoxy) is 1. The molecule has 0 amide bonds. The number of hydrogen-bond acceptors (Lipinski definition) is 5. The Hall–Kier alpha value is -3.93. The van der Waals surface area contributed by atoms with Crippen LogP contribution in [0.5, 0.6) is 5.75 Å². The number of anilines is 1. The molecule has 0 saturated heterocycles. The van der Waals surface area contributed by atoms with Crippen LogP contribution in [0, 0.1) is 13.8 Å². The lowest BCUT2D eigenvalue weighted by Crippen LogP contribution is -2.32. The molecule has 152 valence electrons. The van der Waals surface area contributed by atoms with Gasteiger partial charge in [0.2, 0.25) is 5.95 Å². The fourth-order valence-electron chi connectivity index (χ4n) is 4.46. The molecule has 2 aliphatic heterocycles. The molecule has 0 fully saturated rings. The minimum atomic E-state index is -0.263. The molecule has 0 aliphatic carbocycles. The third kappa shape index (κ3) is 2.83. The Labute approximate surface area is 180 Å². The molecule has 6 rings (SSSR count). The first kappa shape index (κ1) is 17.9. The number of fused-ring (bicyclic) bond motifs is 3. The topological polar surface area (TPSA) is 64.9 Å². The van der Waals surface area contributed by atoms with Crippen molar-refractivity contribution in [1.82, 2.24) is 19.7 Å². The van der Waals surface area contributed by atoms with Crippen LogP contribution < -0.4 is 10.1 Å². The summed E-state index contributed by atoms with van der Waals surface area (Å²) < 4.78 is 8.56.